The van der Waals surface area contributed by atoms with Gasteiger partial charge in [-0.1, -0.05) is 69.2 Å². The molecule has 0 N–H and O–H groups in total. The Labute approximate surface area is 158 Å². The molecule has 1 heterocycles. The van der Waals surface area contributed by atoms with Crippen LogP contribution >= 0.6 is 0 Å². The summed E-state index contributed by atoms with van der Waals surface area (Å²) in [6.07, 6.45) is 3.48. The van der Waals surface area contributed by atoms with Gasteiger partial charge < -0.3 is 4.57 Å². The molecule has 146 valence electrons. The molecule has 0 spiro atoms. The molecule has 0 unspecified atom stereocenters. The van der Waals surface area contributed by atoms with Crippen LogP contribution in [0.3, 0.4) is 0 Å². The molecule has 1 aromatic rings. The second-order valence-corrected chi connectivity index (χ2v) is 10.9. The van der Waals surface area contributed by atoms with Crippen LogP contribution in [0, 0.1) is 6.92 Å². The van der Waals surface area contributed by atoms with Gasteiger partial charge in [0.1, 0.15) is 0 Å². The van der Waals surface area contributed by atoms with E-state index in [1.165, 1.54) is 18.5 Å². The van der Waals surface area contributed by atoms with Gasteiger partial charge in [-0.05, 0) is 62.0 Å². The molecule has 25 heavy (non-hydrogen) atoms. The summed E-state index contributed by atoms with van der Waals surface area (Å²) in [5.74, 6) is 0. The molecule has 0 aromatic carbocycles. The topological polar surface area (TPSA) is 4.93 Å². The molecule has 1 nitrogen and oxygen atoms in total. The third-order valence-electron chi connectivity index (χ3n) is 6.71. The van der Waals surface area contributed by atoms with E-state index in [1.807, 2.05) is 0 Å². The van der Waals surface area contributed by atoms with Gasteiger partial charge in [-0.3, -0.25) is 0 Å². The lowest BCUT2D eigenvalue weighted by Gasteiger charge is -2.37. The van der Waals surface area contributed by atoms with E-state index in [0.717, 1.165) is 6.42 Å². The first-order chi connectivity index (χ1) is 11.1. The van der Waals surface area contributed by atoms with Crippen LogP contribution in [0.15, 0.2) is 0 Å². The maximum atomic E-state index is 2.70. The van der Waals surface area contributed by atoms with Crippen LogP contribution in [0.1, 0.15) is 125 Å². The summed E-state index contributed by atoms with van der Waals surface area (Å²) in [5.41, 5.74) is 6.90. The smallest absolute Gasteiger partial charge is 0.0386 e. The van der Waals surface area contributed by atoms with Crippen LogP contribution in [0.2, 0.25) is 0 Å². The number of rotatable bonds is 6. The van der Waals surface area contributed by atoms with E-state index in [0.29, 0.717) is 0 Å². The predicted octanol–water partition coefficient (Wildman–Crippen LogP) is 7.61. The monoisotopic (exact) mass is 347 g/mol. The van der Waals surface area contributed by atoms with Crippen LogP contribution < -0.4 is 0 Å². The lowest BCUT2D eigenvalue weighted by atomic mass is 9.69. The number of hydrogen-bond donors (Lipinski definition) is 0. The van der Waals surface area contributed by atoms with Gasteiger partial charge in [-0.2, -0.15) is 0 Å². The normalized spacial score (nSPS) is 14.3. The first-order valence-electron chi connectivity index (χ1n) is 10.4. The molecule has 0 saturated heterocycles. The Hall–Kier alpha value is -0.720. The van der Waals surface area contributed by atoms with Crippen molar-refractivity contribution in [2.75, 3.05) is 0 Å². The molecule has 0 aliphatic rings. The molecule has 0 fully saturated rings. The zero-order valence-electron chi connectivity index (χ0n) is 19.6. The van der Waals surface area contributed by atoms with Crippen LogP contribution in [-0.2, 0) is 21.8 Å². The van der Waals surface area contributed by atoms with Gasteiger partial charge in [0.15, 0.2) is 0 Å². The number of nitrogens with zero attached hydrogens (tertiary/aromatic N) is 1. The number of aromatic nitrogens is 1. The van der Waals surface area contributed by atoms with Crippen LogP contribution in [0.25, 0.3) is 0 Å². The second kappa shape index (κ2) is 6.78. The van der Waals surface area contributed by atoms with Crippen molar-refractivity contribution in [3.05, 3.63) is 22.5 Å². The maximum Gasteiger partial charge on any atom is 0.0386 e. The Morgan fingerprint density at radius 2 is 1.04 bits per heavy atom. The van der Waals surface area contributed by atoms with Crippen LogP contribution in [0.4, 0.5) is 0 Å². The first-order valence-corrected chi connectivity index (χ1v) is 10.4. The average Bonchev–Trinajstić information content (AvgIpc) is 2.82. The van der Waals surface area contributed by atoms with Crippen molar-refractivity contribution >= 4 is 0 Å². The van der Waals surface area contributed by atoms with E-state index in [-0.39, 0.29) is 21.8 Å². The highest BCUT2D eigenvalue weighted by Gasteiger charge is 2.41. The Morgan fingerprint density at radius 1 is 0.640 bits per heavy atom. The summed E-state index contributed by atoms with van der Waals surface area (Å²) < 4.78 is 2.70. The highest BCUT2D eigenvalue weighted by Crippen LogP contribution is 2.48. The summed E-state index contributed by atoms with van der Waals surface area (Å²) in [6, 6.07) is 0. The highest BCUT2D eigenvalue weighted by molar-refractivity contribution is 5.50. The first kappa shape index (κ1) is 22.3. The largest absolute Gasteiger partial charge is 0.342 e. The minimum Gasteiger partial charge on any atom is -0.342 e. The van der Waals surface area contributed by atoms with Gasteiger partial charge in [-0.15, -0.1) is 0 Å². The molecular weight excluding hydrogens is 302 g/mol. The van der Waals surface area contributed by atoms with Gasteiger partial charge in [0.2, 0.25) is 0 Å². The zero-order chi connectivity index (χ0) is 20.0. The van der Waals surface area contributed by atoms with E-state index in [9.17, 15) is 0 Å². The van der Waals surface area contributed by atoms with E-state index >= 15 is 0 Å². The van der Waals surface area contributed by atoms with Crippen molar-refractivity contribution in [2.24, 2.45) is 0 Å². The van der Waals surface area contributed by atoms with Crippen molar-refractivity contribution in [1.82, 2.24) is 4.57 Å². The summed E-state index contributed by atoms with van der Waals surface area (Å²) in [6.45, 7) is 31.1. The van der Waals surface area contributed by atoms with Gasteiger partial charge in [-0.25, -0.2) is 0 Å². The maximum absolute atomic E-state index is 2.70. The summed E-state index contributed by atoms with van der Waals surface area (Å²) >= 11 is 0. The molecule has 0 atom stereocenters. The van der Waals surface area contributed by atoms with Gasteiger partial charge in [0.25, 0.3) is 0 Å². The fraction of sp³-hybridized carbons (Fsp3) is 0.833. The van der Waals surface area contributed by atoms with E-state index < -0.39 is 0 Å². The van der Waals surface area contributed by atoms with Gasteiger partial charge >= 0.3 is 0 Å². The quantitative estimate of drug-likeness (QED) is 0.499. The molecule has 1 heteroatoms. The summed E-state index contributed by atoms with van der Waals surface area (Å²) in [4.78, 5) is 0. The van der Waals surface area contributed by atoms with E-state index in [1.54, 1.807) is 16.8 Å². The Bertz CT molecular complexity index is 603. The standard InChI is InChI=1S/C24H45N/c1-14-22(8,9)18-17(4)25(24(12,13)16-3)20(21(5,6)7)19(18)23(10,11)15-2/h14-16H2,1-13H3. The van der Waals surface area contributed by atoms with Crippen molar-refractivity contribution in [1.29, 1.82) is 0 Å². The van der Waals surface area contributed by atoms with Crippen molar-refractivity contribution in [3.63, 3.8) is 0 Å². The number of hydrogen-bond acceptors (Lipinski definition) is 0. The fourth-order valence-corrected chi connectivity index (χ4v) is 4.16. The minimum absolute atomic E-state index is 0.126. The molecule has 0 saturated carbocycles. The fourth-order valence-electron chi connectivity index (χ4n) is 4.16. The predicted molar refractivity (Wildman–Crippen MR) is 114 cm³/mol. The SMILES string of the molecule is CCC(C)(C)c1c(C(C)(C)CC)c(C(C)(C)C)n(C(C)(C)CC)c1C. The lowest BCUT2D eigenvalue weighted by Crippen LogP contribution is -2.34. The Balaban J connectivity index is 4.19. The highest BCUT2D eigenvalue weighted by atomic mass is 15.1. The summed E-state index contributed by atoms with van der Waals surface area (Å²) in [5, 5.41) is 0. The molecule has 0 amide bonds. The van der Waals surface area contributed by atoms with Gasteiger partial charge in [0.05, 0.1) is 0 Å². The summed E-state index contributed by atoms with van der Waals surface area (Å²) in [7, 11) is 0. The molecule has 0 bridgehead atoms. The van der Waals surface area contributed by atoms with Crippen LogP contribution in [0.5, 0.6) is 0 Å². The zero-order valence-corrected chi connectivity index (χ0v) is 19.6. The van der Waals surface area contributed by atoms with Gasteiger partial charge in [0, 0.05) is 22.3 Å². The molecule has 0 aliphatic heterocycles. The molecule has 0 radical (unpaired) electrons. The molecule has 1 aromatic heterocycles. The third kappa shape index (κ3) is 3.86. The van der Waals surface area contributed by atoms with E-state index in [2.05, 4.69) is 94.6 Å². The third-order valence-corrected chi connectivity index (χ3v) is 6.71. The van der Waals surface area contributed by atoms with E-state index in [4.69, 9.17) is 0 Å². The molecular formula is C24H45N. The second-order valence-electron chi connectivity index (χ2n) is 10.9. The Morgan fingerprint density at radius 3 is 1.36 bits per heavy atom. The molecule has 0 aliphatic carbocycles. The van der Waals surface area contributed by atoms with Crippen molar-refractivity contribution in [3.8, 4) is 0 Å². The van der Waals surface area contributed by atoms with Crippen molar-refractivity contribution < 1.29 is 0 Å². The minimum atomic E-state index is 0.126. The van der Waals surface area contributed by atoms with Crippen molar-refractivity contribution in [2.45, 2.75) is 131 Å². The van der Waals surface area contributed by atoms with Crippen LogP contribution in [-0.4, -0.2) is 4.57 Å². The molecule has 1 rings (SSSR count). The Kier molecular flexibility index (Phi) is 6.05. The lowest BCUT2D eigenvalue weighted by molar-refractivity contribution is 0.306. The average molecular weight is 348 g/mol.